The number of nitrogens with one attached hydrogen (secondary N) is 2. The van der Waals surface area contributed by atoms with Crippen molar-refractivity contribution in [1.82, 2.24) is 5.32 Å². The zero-order chi connectivity index (χ0) is 17.5. The summed E-state index contributed by atoms with van der Waals surface area (Å²) in [5.74, 6) is -0.669. The number of hydrogen-bond donors (Lipinski definition) is 4. The van der Waals surface area contributed by atoms with Crippen molar-refractivity contribution in [3.8, 4) is 0 Å². The summed E-state index contributed by atoms with van der Waals surface area (Å²) in [6.45, 7) is 0.700. The summed E-state index contributed by atoms with van der Waals surface area (Å²) >= 11 is 0. The first kappa shape index (κ1) is 20.9. The smallest absolute Gasteiger partial charge is 0.251 e. The van der Waals surface area contributed by atoms with E-state index in [0.717, 1.165) is 19.3 Å². The van der Waals surface area contributed by atoms with Crippen LogP contribution < -0.4 is 22.1 Å². The molecule has 1 aliphatic rings. The van der Waals surface area contributed by atoms with Gasteiger partial charge in [0.05, 0.1) is 0 Å². The Kier molecular flexibility index (Phi) is 8.37. The van der Waals surface area contributed by atoms with Crippen molar-refractivity contribution < 1.29 is 14.4 Å². The molecule has 8 heteroatoms. The van der Waals surface area contributed by atoms with E-state index < -0.39 is 5.91 Å². The average molecular weight is 369 g/mol. The minimum absolute atomic E-state index is 0. The summed E-state index contributed by atoms with van der Waals surface area (Å²) in [6.07, 6.45) is 2.93. The number of rotatable bonds is 7. The van der Waals surface area contributed by atoms with Crippen molar-refractivity contribution in [2.24, 2.45) is 23.3 Å². The molecule has 0 bridgehead atoms. The molecule has 138 valence electrons. The fourth-order valence-electron chi connectivity index (χ4n) is 3.04. The average Bonchev–Trinajstić information content (AvgIpc) is 3.03. The molecule has 2 atom stereocenters. The summed E-state index contributed by atoms with van der Waals surface area (Å²) in [5.41, 5.74) is 11.7. The lowest BCUT2D eigenvalue weighted by Crippen LogP contribution is -2.30. The molecule has 1 aromatic rings. The van der Waals surface area contributed by atoms with E-state index >= 15 is 0 Å². The van der Waals surface area contributed by atoms with E-state index in [4.69, 9.17) is 11.5 Å². The fraction of sp³-hybridized carbons (Fsp3) is 0.471. The molecule has 1 fully saturated rings. The van der Waals surface area contributed by atoms with Gasteiger partial charge >= 0.3 is 0 Å². The van der Waals surface area contributed by atoms with Gasteiger partial charge in [-0.15, -0.1) is 12.4 Å². The molecular weight excluding hydrogens is 344 g/mol. The second-order valence-electron chi connectivity index (χ2n) is 6.08. The first-order chi connectivity index (χ1) is 11.5. The van der Waals surface area contributed by atoms with Gasteiger partial charge in [0.15, 0.2) is 0 Å². The number of carbonyl (C=O) groups is 3. The first-order valence-electron chi connectivity index (χ1n) is 8.18. The molecule has 25 heavy (non-hydrogen) atoms. The highest BCUT2D eigenvalue weighted by Crippen LogP contribution is 2.31. The Morgan fingerprint density at radius 2 is 1.96 bits per heavy atom. The van der Waals surface area contributed by atoms with Crippen molar-refractivity contribution in [2.75, 3.05) is 18.4 Å². The number of nitrogens with two attached hydrogens (primary N) is 2. The van der Waals surface area contributed by atoms with E-state index in [1.54, 1.807) is 24.3 Å². The van der Waals surface area contributed by atoms with E-state index in [1.165, 1.54) is 0 Å². The highest BCUT2D eigenvalue weighted by Gasteiger charge is 2.31. The topological polar surface area (TPSA) is 127 Å². The minimum atomic E-state index is -0.470. The SMILES string of the molecule is Cl.NC[C@H]1CCC[C@H]1C(=O)Nc1cccc(C(=O)NCCC(N)=O)c1. The molecule has 0 saturated heterocycles. The van der Waals surface area contributed by atoms with Crippen LogP contribution in [0.2, 0.25) is 0 Å². The lowest BCUT2D eigenvalue weighted by atomic mass is 9.95. The van der Waals surface area contributed by atoms with Crippen LogP contribution in [0, 0.1) is 11.8 Å². The number of benzene rings is 1. The van der Waals surface area contributed by atoms with E-state index in [2.05, 4.69) is 10.6 Å². The zero-order valence-corrected chi connectivity index (χ0v) is 14.8. The van der Waals surface area contributed by atoms with Gasteiger partial charge in [0.2, 0.25) is 11.8 Å². The molecule has 7 nitrogen and oxygen atoms in total. The molecule has 0 aliphatic heterocycles. The van der Waals surface area contributed by atoms with Gasteiger partial charge in [-0.25, -0.2) is 0 Å². The monoisotopic (exact) mass is 368 g/mol. The molecule has 1 saturated carbocycles. The maximum absolute atomic E-state index is 12.4. The summed E-state index contributed by atoms with van der Waals surface area (Å²) in [5, 5.41) is 5.48. The number of hydrogen-bond acceptors (Lipinski definition) is 4. The van der Waals surface area contributed by atoms with Gasteiger partial charge in [-0.2, -0.15) is 0 Å². The third kappa shape index (κ3) is 6.03. The van der Waals surface area contributed by atoms with Gasteiger partial charge in [0.1, 0.15) is 0 Å². The third-order valence-corrected chi connectivity index (χ3v) is 4.35. The van der Waals surface area contributed by atoms with E-state index in [-0.39, 0.29) is 49.0 Å². The maximum atomic E-state index is 12.4. The van der Waals surface area contributed by atoms with Crippen molar-refractivity contribution in [3.63, 3.8) is 0 Å². The molecule has 0 radical (unpaired) electrons. The lowest BCUT2D eigenvalue weighted by Gasteiger charge is -2.17. The van der Waals surface area contributed by atoms with Gasteiger partial charge in [-0.05, 0) is 43.5 Å². The summed E-state index contributed by atoms with van der Waals surface area (Å²) in [6, 6.07) is 6.70. The molecule has 2 rings (SSSR count). The number of amides is 3. The van der Waals surface area contributed by atoms with Gasteiger partial charge < -0.3 is 22.1 Å². The maximum Gasteiger partial charge on any atom is 0.251 e. The van der Waals surface area contributed by atoms with Crippen LogP contribution in [0.5, 0.6) is 0 Å². The molecule has 3 amide bonds. The van der Waals surface area contributed by atoms with Crippen molar-refractivity contribution in [1.29, 1.82) is 0 Å². The van der Waals surface area contributed by atoms with Crippen LogP contribution in [0.3, 0.4) is 0 Å². The highest BCUT2D eigenvalue weighted by molar-refractivity contribution is 5.98. The third-order valence-electron chi connectivity index (χ3n) is 4.35. The number of anilines is 1. The Bertz CT molecular complexity index is 624. The molecule has 0 heterocycles. The van der Waals surface area contributed by atoms with E-state index in [0.29, 0.717) is 17.8 Å². The lowest BCUT2D eigenvalue weighted by molar-refractivity contribution is -0.121. The van der Waals surface area contributed by atoms with Gasteiger partial charge in [0, 0.05) is 30.1 Å². The Morgan fingerprint density at radius 1 is 1.20 bits per heavy atom. The normalized spacial score (nSPS) is 18.9. The fourth-order valence-corrected chi connectivity index (χ4v) is 3.04. The standard InChI is InChI=1S/C17H24N4O3.ClH/c18-10-12-4-2-6-14(12)17(24)21-13-5-1-3-11(9-13)16(23)20-8-7-15(19)22;/h1,3,5,9,12,14H,2,4,6-8,10,18H2,(H2,19,22)(H,20,23)(H,21,24);1H/t12-,14-;/m1./s1. The number of halogens is 1. The molecule has 1 aliphatic carbocycles. The Hall–Kier alpha value is -2.12. The predicted molar refractivity (Wildman–Crippen MR) is 98.3 cm³/mol. The molecule has 6 N–H and O–H groups in total. The molecule has 0 spiro atoms. The second-order valence-corrected chi connectivity index (χ2v) is 6.08. The summed E-state index contributed by atoms with van der Waals surface area (Å²) in [7, 11) is 0. The van der Waals surface area contributed by atoms with Crippen LogP contribution in [-0.2, 0) is 9.59 Å². The number of primary amides is 1. The summed E-state index contributed by atoms with van der Waals surface area (Å²) in [4.78, 5) is 35.1. The van der Waals surface area contributed by atoms with Gasteiger partial charge in [-0.3, -0.25) is 14.4 Å². The Labute approximate surface area is 153 Å². The highest BCUT2D eigenvalue weighted by atomic mass is 35.5. The van der Waals surface area contributed by atoms with Gasteiger partial charge in [0.25, 0.3) is 5.91 Å². The Balaban J connectivity index is 0.00000312. The van der Waals surface area contributed by atoms with Gasteiger partial charge in [-0.1, -0.05) is 12.5 Å². The Morgan fingerprint density at radius 3 is 2.64 bits per heavy atom. The van der Waals surface area contributed by atoms with E-state index in [1.807, 2.05) is 0 Å². The molecule has 0 unspecified atom stereocenters. The second kappa shape index (κ2) is 10.0. The predicted octanol–water partition coefficient (Wildman–Crippen LogP) is 1.03. The molecular formula is C17H25ClN4O3. The van der Waals surface area contributed by atoms with Crippen LogP contribution in [0.15, 0.2) is 24.3 Å². The first-order valence-corrected chi connectivity index (χ1v) is 8.18. The molecule has 1 aromatic carbocycles. The van der Waals surface area contributed by atoms with Crippen LogP contribution in [0.4, 0.5) is 5.69 Å². The van der Waals surface area contributed by atoms with Crippen LogP contribution in [0.1, 0.15) is 36.0 Å². The van der Waals surface area contributed by atoms with Crippen LogP contribution in [-0.4, -0.2) is 30.8 Å². The van der Waals surface area contributed by atoms with Crippen molar-refractivity contribution in [3.05, 3.63) is 29.8 Å². The largest absolute Gasteiger partial charge is 0.370 e. The molecule has 0 aromatic heterocycles. The minimum Gasteiger partial charge on any atom is -0.370 e. The summed E-state index contributed by atoms with van der Waals surface area (Å²) < 4.78 is 0. The quantitative estimate of drug-likeness (QED) is 0.573. The van der Waals surface area contributed by atoms with Crippen molar-refractivity contribution >= 4 is 35.8 Å². The van der Waals surface area contributed by atoms with Crippen LogP contribution >= 0.6 is 12.4 Å². The zero-order valence-electron chi connectivity index (χ0n) is 14.0. The number of carbonyl (C=O) groups excluding carboxylic acids is 3. The van der Waals surface area contributed by atoms with Crippen LogP contribution in [0.25, 0.3) is 0 Å². The van der Waals surface area contributed by atoms with Crippen molar-refractivity contribution in [2.45, 2.75) is 25.7 Å². The van der Waals surface area contributed by atoms with E-state index in [9.17, 15) is 14.4 Å².